The summed E-state index contributed by atoms with van der Waals surface area (Å²) in [6.45, 7) is 2.72. The van der Waals surface area contributed by atoms with E-state index in [2.05, 4.69) is 5.32 Å². The van der Waals surface area contributed by atoms with Gasteiger partial charge in [-0.25, -0.2) is 0 Å². The molecule has 3 heteroatoms. The summed E-state index contributed by atoms with van der Waals surface area (Å²) in [5, 5.41) is 3.21. The molecule has 3 nitrogen and oxygen atoms in total. The Morgan fingerprint density at radius 2 is 1.86 bits per heavy atom. The van der Waals surface area contributed by atoms with Crippen LogP contribution in [-0.2, 0) is 9.47 Å². The molecule has 2 rings (SSSR count). The van der Waals surface area contributed by atoms with Gasteiger partial charge in [-0.3, -0.25) is 0 Å². The minimum absolute atomic E-state index is 0.170. The highest BCUT2D eigenvalue weighted by molar-refractivity contribution is 4.82. The molecule has 2 fully saturated rings. The van der Waals surface area contributed by atoms with Crippen molar-refractivity contribution in [3.05, 3.63) is 0 Å². The van der Waals surface area contributed by atoms with E-state index in [1.165, 1.54) is 19.3 Å². The maximum absolute atomic E-state index is 5.70. The molecule has 82 valence electrons. The lowest BCUT2D eigenvalue weighted by Gasteiger charge is -2.35. The average Bonchev–Trinajstić information content (AvgIpc) is 2.66. The molecule has 0 radical (unpaired) electrons. The summed E-state index contributed by atoms with van der Waals surface area (Å²) in [6.07, 6.45) is 6.03. The fourth-order valence-electron chi connectivity index (χ4n) is 2.54. The highest BCUT2D eigenvalue weighted by Gasteiger charge is 2.39. The number of hydrogen-bond acceptors (Lipinski definition) is 3. The number of hydrogen-bond donors (Lipinski definition) is 1. The number of rotatable bonds is 3. The van der Waals surface area contributed by atoms with Gasteiger partial charge in [0.2, 0.25) is 0 Å². The van der Waals surface area contributed by atoms with Gasteiger partial charge in [0.15, 0.2) is 5.79 Å². The highest BCUT2D eigenvalue weighted by atomic mass is 16.7. The lowest BCUT2D eigenvalue weighted by atomic mass is 9.83. The molecule has 14 heavy (non-hydrogen) atoms. The molecule has 1 saturated carbocycles. The van der Waals surface area contributed by atoms with E-state index in [1.807, 2.05) is 7.05 Å². The lowest BCUT2D eigenvalue weighted by Crippen LogP contribution is -2.35. The number of nitrogens with one attached hydrogen (secondary N) is 1. The van der Waals surface area contributed by atoms with Crippen molar-refractivity contribution in [3.63, 3.8) is 0 Å². The van der Waals surface area contributed by atoms with E-state index < -0.39 is 0 Å². The van der Waals surface area contributed by atoms with Crippen LogP contribution in [0.1, 0.15) is 32.1 Å². The first kappa shape index (κ1) is 10.4. The van der Waals surface area contributed by atoms with Crippen molar-refractivity contribution in [2.24, 2.45) is 5.92 Å². The molecule has 1 heterocycles. The van der Waals surface area contributed by atoms with Crippen molar-refractivity contribution in [2.45, 2.75) is 37.9 Å². The zero-order chi connectivity index (χ0) is 9.86. The van der Waals surface area contributed by atoms with Crippen LogP contribution in [0.4, 0.5) is 0 Å². The summed E-state index contributed by atoms with van der Waals surface area (Å²) >= 11 is 0. The van der Waals surface area contributed by atoms with Crippen molar-refractivity contribution in [1.82, 2.24) is 5.32 Å². The van der Waals surface area contributed by atoms with Gasteiger partial charge in [-0.1, -0.05) is 0 Å². The van der Waals surface area contributed by atoms with Crippen LogP contribution in [0.3, 0.4) is 0 Å². The van der Waals surface area contributed by atoms with Crippen LogP contribution in [0.5, 0.6) is 0 Å². The molecule has 0 aromatic rings. The fraction of sp³-hybridized carbons (Fsp3) is 1.00. The van der Waals surface area contributed by atoms with Crippen molar-refractivity contribution < 1.29 is 9.47 Å². The molecular formula is C11H21NO2. The molecule has 1 aliphatic carbocycles. The predicted molar refractivity (Wildman–Crippen MR) is 55.1 cm³/mol. The first-order valence-corrected chi connectivity index (χ1v) is 5.77. The summed E-state index contributed by atoms with van der Waals surface area (Å²) < 4.78 is 11.4. The van der Waals surface area contributed by atoms with Crippen LogP contribution >= 0.6 is 0 Å². The van der Waals surface area contributed by atoms with Gasteiger partial charge in [-0.05, 0) is 38.8 Å². The third-order valence-electron chi connectivity index (χ3n) is 3.48. The quantitative estimate of drug-likeness (QED) is 0.747. The Morgan fingerprint density at radius 3 is 2.43 bits per heavy atom. The van der Waals surface area contributed by atoms with E-state index in [0.29, 0.717) is 0 Å². The Morgan fingerprint density at radius 1 is 1.21 bits per heavy atom. The van der Waals surface area contributed by atoms with E-state index in [9.17, 15) is 0 Å². The van der Waals surface area contributed by atoms with Crippen molar-refractivity contribution in [1.29, 1.82) is 0 Å². The topological polar surface area (TPSA) is 30.5 Å². The highest BCUT2D eigenvalue weighted by Crippen LogP contribution is 2.39. The summed E-state index contributed by atoms with van der Waals surface area (Å²) in [5.74, 6) is 0.705. The molecule has 0 unspecified atom stereocenters. The minimum atomic E-state index is -0.170. The molecule has 1 N–H and O–H groups in total. The van der Waals surface area contributed by atoms with E-state index >= 15 is 0 Å². The second kappa shape index (κ2) is 4.60. The molecule has 0 aromatic carbocycles. The Kier molecular flexibility index (Phi) is 3.42. The van der Waals surface area contributed by atoms with Gasteiger partial charge in [0, 0.05) is 12.8 Å². The first-order valence-electron chi connectivity index (χ1n) is 5.77. The van der Waals surface area contributed by atoms with Gasteiger partial charge in [0.05, 0.1) is 13.2 Å². The molecule has 0 aromatic heterocycles. The number of ether oxygens (including phenoxy) is 2. The van der Waals surface area contributed by atoms with Crippen molar-refractivity contribution >= 4 is 0 Å². The molecule has 0 amide bonds. The monoisotopic (exact) mass is 199 g/mol. The normalized spacial score (nSPS) is 27.2. The zero-order valence-corrected chi connectivity index (χ0v) is 9.05. The second-order valence-corrected chi connectivity index (χ2v) is 4.44. The van der Waals surface area contributed by atoms with Gasteiger partial charge in [0.25, 0.3) is 0 Å². The molecular weight excluding hydrogens is 178 g/mol. The maximum Gasteiger partial charge on any atom is 0.168 e. The third-order valence-corrected chi connectivity index (χ3v) is 3.48. The Hall–Kier alpha value is -0.120. The largest absolute Gasteiger partial charge is 0.348 e. The molecule has 0 bridgehead atoms. The summed E-state index contributed by atoms with van der Waals surface area (Å²) in [4.78, 5) is 0. The summed E-state index contributed by atoms with van der Waals surface area (Å²) in [6, 6.07) is 0. The summed E-state index contributed by atoms with van der Waals surface area (Å²) in [7, 11) is 2.02. The van der Waals surface area contributed by atoms with Gasteiger partial charge >= 0.3 is 0 Å². The second-order valence-electron chi connectivity index (χ2n) is 4.44. The van der Waals surface area contributed by atoms with E-state index in [-0.39, 0.29) is 5.79 Å². The van der Waals surface area contributed by atoms with Gasteiger partial charge in [-0.2, -0.15) is 0 Å². The van der Waals surface area contributed by atoms with Crippen molar-refractivity contribution in [2.75, 3.05) is 26.8 Å². The molecule has 1 spiro atoms. The van der Waals surface area contributed by atoms with Crippen LogP contribution in [-0.4, -0.2) is 32.6 Å². The Bertz CT molecular complexity index is 168. The molecule has 2 aliphatic rings. The van der Waals surface area contributed by atoms with Crippen LogP contribution in [0.2, 0.25) is 0 Å². The molecule has 1 saturated heterocycles. The average molecular weight is 199 g/mol. The maximum atomic E-state index is 5.70. The smallest absolute Gasteiger partial charge is 0.168 e. The van der Waals surface area contributed by atoms with E-state index in [0.717, 1.165) is 38.5 Å². The lowest BCUT2D eigenvalue weighted by molar-refractivity contribution is -0.182. The van der Waals surface area contributed by atoms with Crippen LogP contribution in [0.25, 0.3) is 0 Å². The van der Waals surface area contributed by atoms with Gasteiger partial charge < -0.3 is 14.8 Å². The Balaban J connectivity index is 1.74. The van der Waals surface area contributed by atoms with Crippen molar-refractivity contribution in [3.8, 4) is 0 Å². The molecule has 1 aliphatic heterocycles. The van der Waals surface area contributed by atoms with Crippen LogP contribution in [0, 0.1) is 5.92 Å². The zero-order valence-electron chi connectivity index (χ0n) is 9.05. The van der Waals surface area contributed by atoms with Gasteiger partial charge in [-0.15, -0.1) is 0 Å². The first-order chi connectivity index (χ1) is 6.85. The SMILES string of the molecule is CNCCC1CCC2(CC1)OCCO2. The Labute approximate surface area is 86.2 Å². The van der Waals surface area contributed by atoms with E-state index in [1.54, 1.807) is 0 Å². The summed E-state index contributed by atoms with van der Waals surface area (Å²) in [5.41, 5.74) is 0. The van der Waals surface area contributed by atoms with Crippen LogP contribution in [0.15, 0.2) is 0 Å². The molecule has 0 atom stereocenters. The third kappa shape index (κ3) is 2.27. The van der Waals surface area contributed by atoms with E-state index in [4.69, 9.17) is 9.47 Å². The van der Waals surface area contributed by atoms with Crippen LogP contribution < -0.4 is 5.32 Å². The minimum Gasteiger partial charge on any atom is -0.348 e. The predicted octanol–water partition coefficient (Wildman–Crippen LogP) is 1.53. The standard InChI is InChI=1S/C11H21NO2/c1-12-7-4-10-2-5-11(6-3-10)13-8-9-14-11/h10,12H,2-9H2,1H3. The van der Waals surface area contributed by atoms with Gasteiger partial charge in [0.1, 0.15) is 0 Å². The fourth-order valence-corrected chi connectivity index (χ4v) is 2.54.